The van der Waals surface area contributed by atoms with E-state index in [0.29, 0.717) is 0 Å². The van der Waals surface area contributed by atoms with Gasteiger partial charge in [0, 0.05) is 0 Å². The Labute approximate surface area is 100 Å². The fraction of sp³-hybridized carbons (Fsp3) is 0.500. The van der Waals surface area contributed by atoms with E-state index < -0.39 is 0 Å². The first-order valence-electron chi connectivity index (χ1n) is 6.63. The summed E-state index contributed by atoms with van der Waals surface area (Å²) in [5.74, 6) is 0. The Morgan fingerprint density at radius 3 is 2.31 bits per heavy atom. The van der Waals surface area contributed by atoms with Crippen molar-refractivity contribution in [2.45, 2.75) is 52.4 Å². The van der Waals surface area contributed by atoms with Gasteiger partial charge in [0.15, 0.2) is 0 Å². The van der Waals surface area contributed by atoms with E-state index in [1.807, 2.05) is 0 Å². The van der Waals surface area contributed by atoms with Gasteiger partial charge in [-0.05, 0) is 36.8 Å². The van der Waals surface area contributed by atoms with Crippen LogP contribution >= 0.6 is 0 Å². The maximum atomic E-state index is 2.42. The predicted molar refractivity (Wildman–Crippen MR) is 73.5 cm³/mol. The molecule has 0 unspecified atom stereocenters. The van der Waals surface area contributed by atoms with E-state index in [1.54, 1.807) is 5.57 Å². The number of hydrogen-bond donors (Lipinski definition) is 0. The molecule has 2 rings (SSSR count). The van der Waals surface area contributed by atoms with Crippen LogP contribution in [0.4, 0.5) is 0 Å². The summed E-state index contributed by atoms with van der Waals surface area (Å²) < 4.78 is 0. The zero-order valence-corrected chi connectivity index (χ0v) is 10.7. The molecule has 0 bridgehead atoms. The van der Waals surface area contributed by atoms with Crippen LogP contribution < -0.4 is 0 Å². The lowest BCUT2D eigenvalue weighted by molar-refractivity contribution is 0.720. The van der Waals surface area contributed by atoms with Crippen molar-refractivity contribution in [2.75, 3.05) is 0 Å². The molecule has 16 heavy (non-hydrogen) atoms. The summed E-state index contributed by atoms with van der Waals surface area (Å²) in [6.07, 6.45) is 10.3. The summed E-state index contributed by atoms with van der Waals surface area (Å²) in [6.45, 7) is 4.25. The van der Waals surface area contributed by atoms with Gasteiger partial charge < -0.3 is 0 Å². The van der Waals surface area contributed by atoms with Crippen LogP contribution in [-0.2, 0) is 0 Å². The molecule has 0 spiro atoms. The van der Waals surface area contributed by atoms with Crippen molar-refractivity contribution in [1.29, 1.82) is 0 Å². The van der Waals surface area contributed by atoms with Crippen molar-refractivity contribution in [3.8, 4) is 0 Å². The molecular formula is C16H24. The van der Waals surface area contributed by atoms with Crippen LogP contribution in [0.1, 0.15) is 57.9 Å². The van der Waals surface area contributed by atoms with Gasteiger partial charge in [-0.2, -0.15) is 0 Å². The van der Waals surface area contributed by atoms with Crippen molar-refractivity contribution in [3.63, 3.8) is 0 Å². The minimum absolute atomic E-state index is 1.25. The lowest BCUT2D eigenvalue weighted by Crippen LogP contribution is -1.82. The van der Waals surface area contributed by atoms with E-state index >= 15 is 0 Å². The summed E-state index contributed by atoms with van der Waals surface area (Å²) in [5.41, 5.74) is 2.97. The lowest BCUT2D eigenvalue weighted by Gasteiger charge is -2.04. The van der Waals surface area contributed by atoms with Crippen LogP contribution in [0, 0.1) is 0 Å². The van der Waals surface area contributed by atoms with Crippen LogP contribution in [-0.4, -0.2) is 0 Å². The van der Waals surface area contributed by atoms with Gasteiger partial charge in [0.2, 0.25) is 0 Å². The SMILES string of the molecule is C1=C(c2ccccc2)CCCCC1.CCC. The smallest absolute Gasteiger partial charge is 0.0228 e. The Morgan fingerprint density at radius 1 is 0.938 bits per heavy atom. The molecule has 0 aliphatic heterocycles. The Morgan fingerprint density at radius 2 is 1.62 bits per heavy atom. The van der Waals surface area contributed by atoms with Gasteiger partial charge in [-0.25, -0.2) is 0 Å². The molecule has 0 saturated heterocycles. The lowest BCUT2D eigenvalue weighted by atomic mass is 10.0. The third kappa shape index (κ3) is 4.65. The molecule has 0 heteroatoms. The van der Waals surface area contributed by atoms with Gasteiger partial charge in [0.25, 0.3) is 0 Å². The molecule has 88 valence electrons. The van der Waals surface area contributed by atoms with E-state index in [9.17, 15) is 0 Å². The maximum absolute atomic E-state index is 2.42. The number of allylic oxidation sites excluding steroid dienone is 2. The average Bonchev–Trinajstić information content (AvgIpc) is 2.60. The number of rotatable bonds is 1. The van der Waals surface area contributed by atoms with Crippen molar-refractivity contribution < 1.29 is 0 Å². The Balaban J connectivity index is 0.000000386. The van der Waals surface area contributed by atoms with Crippen LogP contribution in [0.2, 0.25) is 0 Å². The van der Waals surface area contributed by atoms with Crippen molar-refractivity contribution >= 4 is 5.57 Å². The molecule has 1 aromatic rings. The molecule has 0 fully saturated rings. The first-order valence-corrected chi connectivity index (χ1v) is 6.63. The summed E-state index contributed by atoms with van der Waals surface area (Å²) in [4.78, 5) is 0. The molecular weight excluding hydrogens is 192 g/mol. The van der Waals surface area contributed by atoms with Gasteiger partial charge in [-0.3, -0.25) is 0 Å². The first-order chi connectivity index (χ1) is 7.88. The molecule has 1 aromatic carbocycles. The molecule has 0 saturated carbocycles. The minimum Gasteiger partial charge on any atom is -0.0807 e. The summed E-state index contributed by atoms with van der Waals surface area (Å²) >= 11 is 0. The monoisotopic (exact) mass is 216 g/mol. The second-order valence-electron chi connectivity index (χ2n) is 4.40. The fourth-order valence-electron chi connectivity index (χ4n) is 1.93. The van der Waals surface area contributed by atoms with E-state index in [0.717, 1.165) is 0 Å². The number of benzene rings is 1. The highest BCUT2D eigenvalue weighted by Gasteiger charge is 2.03. The van der Waals surface area contributed by atoms with Crippen LogP contribution in [0.15, 0.2) is 36.4 Å². The molecule has 0 heterocycles. The van der Waals surface area contributed by atoms with E-state index in [4.69, 9.17) is 0 Å². The van der Waals surface area contributed by atoms with Crippen molar-refractivity contribution in [3.05, 3.63) is 42.0 Å². The van der Waals surface area contributed by atoms with Crippen LogP contribution in [0.25, 0.3) is 5.57 Å². The van der Waals surface area contributed by atoms with E-state index in [2.05, 4.69) is 50.3 Å². The molecule has 0 amide bonds. The molecule has 0 N–H and O–H groups in total. The number of hydrogen-bond acceptors (Lipinski definition) is 0. The standard InChI is InChI=1S/C13H16.C3H8/c1-2-5-9-12(8-4-1)13-10-6-3-7-11-13;1-3-2/h3,6-8,10-11H,1-2,4-5,9H2;3H2,1-2H3. The Kier molecular flexibility index (Phi) is 6.64. The van der Waals surface area contributed by atoms with Crippen LogP contribution in [0.5, 0.6) is 0 Å². The van der Waals surface area contributed by atoms with Crippen molar-refractivity contribution in [2.24, 2.45) is 0 Å². The molecule has 0 atom stereocenters. The fourth-order valence-corrected chi connectivity index (χ4v) is 1.93. The van der Waals surface area contributed by atoms with Gasteiger partial charge >= 0.3 is 0 Å². The molecule has 0 nitrogen and oxygen atoms in total. The zero-order valence-electron chi connectivity index (χ0n) is 10.7. The maximum Gasteiger partial charge on any atom is -0.0228 e. The highest BCUT2D eigenvalue weighted by Crippen LogP contribution is 2.25. The predicted octanol–water partition coefficient (Wildman–Crippen LogP) is 5.45. The van der Waals surface area contributed by atoms with E-state index in [1.165, 1.54) is 44.1 Å². The molecule has 1 aliphatic rings. The topological polar surface area (TPSA) is 0 Å². The van der Waals surface area contributed by atoms with Gasteiger partial charge in [0.1, 0.15) is 0 Å². The molecule has 0 radical (unpaired) electrons. The van der Waals surface area contributed by atoms with Crippen molar-refractivity contribution in [1.82, 2.24) is 0 Å². The Bertz CT molecular complexity index is 295. The first kappa shape index (κ1) is 13.0. The second-order valence-corrected chi connectivity index (χ2v) is 4.40. The van der Waals surface area contributed by atoms with Gasteiger partial charge in [-0.15, -0.1) is 0 Å². The highest BCUT2D eigenvalue weighted by molar-refractivity contribution is 5.65. The minimum atomic E-state index is 1.25. The zero-order chi connectivity index (χ0) is 11.6. The summed E-state index contributed by atoms with van der Waals surface area (Å²) in [6, 6.07) is 10.8. The molecule has 0 aromatic heterocycles. The average molecular weight is 216 g/mol. The summed E-state index contributed by atoms with van der Waals surface area (Å²) in [5, 5.41) is 0. The molecule has 1 aliphatic carbocycles. The van der Waals surface area contributed by atoms with Gasteiger partial charge in [-0.1, -0.05) is 63.1 Å². The quantitative estimate of drug-likeness (QED) is 0.585. The summed E-state index contributed by atoms with van der Waals surface area (Å²) in [7, 11) is 0. The normalized spacial score (nSPS) is 15.5. The Hall–Kier alpha value is -1.04. The largest absolute Gasteiger partial charge is 0.0807 e. The second kappa shape index (κ2) is 8.15. The van der Waals surface area contributed by atoms with Gasteiger partial charge in [0.05, 0.1) is 0 Å². The third-order valence-corrected chi connectivity index (χ3v) is 2.69. The van der Waals surface area contributed by atoms with E-state index in [-0.39, 0.29) is 0 Å². The third-order valence-electron chi connectivity index (χ3n) is 2.69. The highest BCUT2D eigenvalue weighted by atomic mass is 14.1. The van der Waals surface area contributed by atoms with Crippen LogP contribution in [0.3, 0.4) is 0 Å².